The summed E-state index contributed by atoms with van der Waals surface area (Å²) in [7, 11) is 0. The van der Waals surface area contributed by atoms with Crippen LogP contribution < -0.4 is 4.90 Å². The first-order valence-corrected chi connectivity index (χ1v) is 14.1. The van der Waals surface area contributed by atoms with Gasteiger partial charge < -0.3 is 9.32 Å². The largest absolute Gasteiger partial charge is 0.438 e. The van der Waals surface area contributed by atoms with E-state index in [1.165, 1.54) is 16.7 Å². The third kappa shape index (κ3) is 4.11. The number of hydrogen-bond donors (Lipinski definition) is 0. The lowest BCUT2D eigenvalue weighted by Crippen LogP contribution is -2.11. The summed E-state index contributed by atoms with van der Waals surface area (Å²) in [5, 5.41) is 4.32. The number of furan rings is 1. The lowest BCUT2D eigenvalue weighted by molar-refractivity contribution is 0.654. The van der Waals surface area contributed by atoms with Crippen molar-refractivity contribution in [3.8, 4) is 22.3 Å². The van der Waals surface area contributed by atoms with Gasteiger partial charge in [0.2, 0.25) is 5.71 Å². The van der Waals surface area contributed by atoms with Crippen molar-refractivity contribution in [1.29, 1.82) is 0 Å². The average molecular weight is 539 g/mol. The van der Waals surface area contributed by atoms with E-state index in [0.29, 0.717) is 5.71 Å². The first-order chi connectivity index (χ1) is 20.8. The number of para-hydroxylation sites is 3. The molecule has 0 bridgehead atoms. The molecule has 42 heavy (non-hydrogen) atoms. The first kappa shape index (κ1) is 24.2. The summed E-state index contributed by atoms with van der Waals surface area (Å²) in [6.45, 7) is 0. The number of hydrogen-bond acceptors (Lipinski definition) is 3. The minimum atomic E-state index is 0.658. The highest BCUT2D eigenvalue weighted by Gasteiger charge is 2.19. The average Bonchev–Trinajstić information content (AvgIpc) is 3.46. The van der Waals surface area contributed by atoms with Gasteiger partial charge >= 0.3 is 0 Å². The standard InChI is InChI=1S/C39H26N2O/c1-3-11-27(12-4-1)28-19-21-29(22-20-28)33-15-7-9-17-36(33)41(31-13-5-2-6-14-31)32-24-23-30-26-40-39-38(35(30)25-32)34-16-8-10-18-37(34)42-39/h1-26H. The van der Waals surface area contributed by atoms with E-state index in [1.54, 1.807) is 0 Å². The minimum absolute atomic E-state index is 0.658. The Morgan fingerprint density at radius 2 is 1.17 bits per heavy atom. The molecule has 0 spiro atoms. The number of pyridine rings is 1. The molecule has 0 saturated heterocycles. The molecule has 0 fully saturated rings. The molecule has 198 valence electrons. The number of benzene rings is 6. The molecule has 6 aromatic carbocycles. The normalized spacial score (nSPS) is 11.3. The van der Waals surface area contributed by atoms with Crippen LogP contribution in [0.3, 0.4) is 0 Å². The van der Waals surface area contributed by atoms with Gasteiger partial charge in [-0.1, -0.05) is 115 Å². The molecule has 0 radical (unpaired) electrons. The second-order valence-electron chi connectivity index (χ2n) is 10.4. The molecule has 2 aromatic heterocycles. The Balaban J connectivity index is 1.32. The molecule has 0 aliphatic rings. The van der Waals surface area contributed by atoms with Gasteiger partial charge in [-0.2, -0.15) is 0 Å². The maximum atomic E-state index is 6.12. The molecule has 0 unspecified atom stereocenters. The summed E-state index contributed by atoms with van der Waals surface area (Å²) in [6, 6.07) is 53.3. The topological polar surface area (TPSA) is 29.3 Å². The monoisotopic (exact) mass is 538 g/mol. The predicted molar refractivity (Wildman–Crippen MR) is 175 cm³/mol. The van der Waals surface area contributed by atoms with E-state index in [4.69, 9.17) is 4.42 Å². The first-order valence-electron chi connectivity index (χ1n) is 14.1. The Kier molecular flexibility index (Phi) is 5.79. The van der Waals surface area contributed by atoms with E-state index >= 15 is 0 Å². The lowest BCUT2D eigenvalue weighted by atomic mass is 9.98. The second-order valence-corrected chi connectivity index (χ2v) is 10.4. The van der Waals surface area contributed by atoms with Gasteiger partial charge in [0.25, 0.3) is 0 Å². The van der Waals surface area contributed by atoms with E-state index in [0.717, 1.165) is 49.8 Å². The molecule has 8 rings (SSSR count). The maximum Gasteiger partial charge on any atom is 0.227 e. The van der Waals surface area contributed by atoms with Crippen molar-refractivity contribution in [3.63, 3.8) is 0 Å². The summed E-state index contributed by atoms with van der Waals surface area (Å²) >= 11 is 0. The van der Waals surface area contributed by atoms with Crippen LogP contribution in [0.5, 0.6) is 0 Å². The van der Waals surface area contributed by atoms with Crippen LogP contribution in [0.1, 0.15) is 0 Å². The van der Waals surface area contributed by atoms with Gasteiger partial charge in [0.1, 0.15) is 5.58 Å². The highest BCUT2D eigenvalue weighted by Crippen LogP contribution is 2.43. The third-order valence-corrected chi connectivity index (χ3v) is 7.92. The van der Waals surface area contributed by atoms with Crippen molar-refractivity contribution in [2.75, 3.05) is 4.90 Å². The number of nitrogens with zero attached hydrogens (tertiary/aromatic N) is 2. The zero-order valence-corrected chi connectivity index (χ0v) is 22.8. The zero-order chi connectivity index (χ0) is 27.9. The van der Waals surface area contributed by atoms with E-state index in [1.807, 2.05) is 18.3 Å². The van der Waals surface area contributed by atoms with Gasteiger partial charge in [0.05, 0.1) is 11.1 Å². The fourth-order valence-electron chi connectivity index (χ4n) is 5.91. The molecule has 0 N–H and O–H groups in total. The Morgan fingerprint density at radius 3 is 2.00 bits per heavy atom. The van der Waals surface area contributed by atoms with Gasteiger partial charge in [-0.25, -0.2) is 4.98 Å². The molecule has 0 amide bonds. The maximum absolute atomic E-state index is 6.12. The molecule has 0 atom stereocenters. The van der Waals surface area contributed by atoms with Crippen molar-refractivity contribution in [2.24, 2.45) is 0 Å². The molecule has 0 saturated carbocycles. The van der Waals surface area contributed by atoms with Gasteiger partial charge in [-0.15, -0.1) is 0 Å². The molecule has 0 aliphatic carbocycles. The van der Waals surface area contributed by atoms with E-state index in [-0.39, 0.29) is 0 Å². The quantitative estimate of drug-likeness (QED) is 0.218. The Bertz CT molecular complexity index is 2180. The molecule has 8 aromatic rings. The Hall–Kier alpha value is -5.67. The van der Waals surface area contributed by atoms with Crippen molar-refractivity contribution < 1.29 is 4.42 Å². The van der Waals surface area contributed by atoms with E-state index < -0.39 is 0 Å². The highest BCUT2D eigenvalue weighted by atomic mass is 16.3. The van der Waals surface area contributed by atoms with Crippen LogP contribution in [0.15, 0.2) is 162 Å². The Morgan fingerprint density at radius 1 is 0.500 bits per heavy atom. The van der Waals surface area contributed by atoms with Gasteiger partial charge in [0.15, 0.2) is 0 Å². The zero-order valence-electron chi connectivity index (χ0n) is 22.8. The smallest absolute Gasteiger partial charge is 0.227 e. The number of fused-ring (bicyclic) bond motifs is 5. The van der Waals surface area contributed by atoms with Crippen LogP contribution >= 0.6 is 0 Å². The summed E-state index contributed by atoms with van der Waals surface area (Å²) in [5.74, 6) is 0. The minimum Gasteiger partial charge on any atom is -0.438 e. The molecule has 3 nitrogen and oxygen atoms in total. The molecular weight excluding hydrogens is 512 g/mol. The molecular formula is C39H26N2O. The second kappa shape index (κ2) is 10.1. The van der Waals surface area contributed by atoms with Gasteiger partial charge in [0, 0.05) is 33.9 Å². The van der Waals surface area contributed by atoms with Gasteiger partial charge in [-0.05, 0) is 58.5 Å². The lowest BCUT2D eigenvalue weighted by Gasteiger charge is -2.28. The van der Waals surface area contributed by atoms with Crippen LogP contribution in [0.25, 0.3) is 55.1 Å². The van der Waals surface area contributed by atoms with Crippen molar-refractivity contribution in [1.82, 2.24) is 4.98 Å². The summed E-state index contributed by atoms with van der Waals surface area (Å²) in [5.41, 5.74) is 9.52. The van der Waals surface area contributed by atoms with Crippen LogP contribution in [0.2, 0.25) is 0 Å². The van der Waals surface area contributed by atoms with Crippen LogP contribution in [-0.2, 0) is 0 Å². The number of aromatic nitrogens is 1. The fourth-order valence-corrected chi connectivity index (χ4v) is 5.91. The number of anilines is 3. The van der Waals surface area contributed by atoms with Crippen molar-refractivity contribution in [2.45, 2.75) is 0 Å². The summed E-state index contributed by atoms with van der Waals surface area (Å²) < 4.78 is 6.12. The number of rotatable bonds is 5. The summed E-state index contributed by atoms with van der Waals surface area (Å²) in [6.07, 6.45) is 1.90. The van der Waals surface area contributed by atoms with Crippen molar-refractivity contribution in [3.05, 3.63) is 158 Å². The van der Waals surface area contributed by atoms with Crippen LogP contribution in [0, 0.1) is 0 Å². The van der Waals surface area contributed by atoms with Crippen LogP contribution in [0.4, 0.5) is 17.1 Å². The summed E-state index contributed by atoms with van der Waals surface area (Å²) in [4.78, 5) is 6.98. The van der Waals surface area contributed by atoms with Crippen molar-refractivity contribution >= 4 is 49.9 Å². The Labute approximate surface area is 243 Å². The fraction of sp³-hybridized carbons (Fsp3) is 0. The molecule has 3 heteroatoms. The van der Waals surface area contributed by atoms with Crippen LogP contribution in [-0.4, -0.2) is 4.98 Å². The highest BCUT2D eigenvalue weighted by molar-refractivity contribution is 6.18. The molecule has 2 heterocycles. The predicted octanol–water partition coefficient (Wildman–Crippen LogP) is 10.9. The van der Waals surface area contributed by atoms with E-state index in [2.05, 4.69) is 149 Å². The SMILES string of the molecule is c1ccc(-c2ccc(-c3ccccc3N(c3ccccc3)c3ccc4cnc5oc6ccccc6c5c4c3)cc2)cc1. The van der Waals surface area contributed by atoms with Gasteiger partial charge in [-0.3, -0.25) is 0 Å². The molecule has 0 aliphatic heterocycles. The van der Waals surface area contributed by atoms with E-state index in [9.17, 15) is 0 Å². The third-order valence-electron chi connectivity index (χ3n) is 7.92.